The highest BCUT2D eigenvalue weighted by Crippen LogP contribution is 2.32. The molecule has 7 heteroatoms. The van der Waals surface area contributed by atoms with E-state index in [2.05, 4.69) is 74.9 Å². The quantitative estimate of drug-likeness (QED) is 0.136. The molecule has 1 N–H and O–H groups in total. The fourth-order valence-corrected chi connectivity index (χ4v) is 5.79. The van der Waals surface area contributed by atoms with Crippen molar-refractivity contribution < 1.29 is 14.6 Å². The van der Waals surface area contributed by atoms with E-state index in [0.717, 1.165) is 76.3 Å². The molecular weight excluding hydrogens is 524 g/mol. The number of carboxylic acid groups (broad SMARTS) is 1. The van der Waals surface area contributed by atoms with E-state index in [-0.39, 0.29) is 0 Å². The maximum Gasteiger partial charge on any atom is 0.511 e. The zero-order valence-corrected chi connectivity index (χ0v) is 25.4. The summed E-state index contributed by atoms with van der Waals surface area (Å²) < 4.78 is 9.68. The Kier molecular flexibility index (Phi) is 8.48. The van der Waals surface area contributed by atoms with Crippen molar-refractivity contribution in [3.8, 4) is 28.3 Å². The molecule has 3 aromatic carbocycles. The van der Waals surface area contributed by atoms with Gasteiger partial charge in [0.25, 0.3) is 0 Å². The third-order valence-corrected chi connectivity index (χ3v) is 7.78. The molecule has 0 atom stereocenters. The lowest BCUT2D eigenvalue weighted by atomic mass is 10.0. The average molecular weight is 565 g/mol. The Morgan fingerprint density at radius 3 is 2.36 bits per heavy atom. The molecule has 0 aliphatic rings. The second-order valence-electron chi connectivity index (χ2n) is 11.4. The number of fused-ring (bicyclic) bond motifs is 1. The van der Waals surface area contributed by atoms with Crippen LogP contribution < -0.4 is 4.74 Å². The highest BCUT2D eigenvalue weighted by atomic mass is 16.7. The Bertz CT molecular complexity index is 1730. The first kappa shape index (κ1) is 29.1. The summed E-state index contributed by atoms with van der Waals surface area (Å²) in [5.41, 5.74) is 9.62. The van der Waals surface area contributed by atoms with Crippen LogP contribution in [0.1, 0.15) is 62.5 Å². The van der Waals surface area contributed by atoms with Crippen molar-refractivity contribution in [1.29, 1.82) is 0 Å². The number of ether oxygens (including phenoxy) is 1. The first-order valence-corrected chi connectivity index (χ1v) is 14.8. The van der Waals surface area contributed by atoms with Crippen LogP contribution in [0.15, 0.2) is 60.7 Å². The van der Waals surface area contributed by atoms with Crippen LogP contribution in [0, 0.1) is 19.8 Å². The third-order valence-electron chi connectivity index (χ3n) is 7.78. The molecule has 0 aliphatic carbocycles. The maximum atomic E-state index is 11.2. The second kappa shape index (κ2) is 12.2. The monoisotopic (exact) mass is 564 g/mol. The number of hydrogen-bond donors (Lipinski definition) is 1. The van der Waals surface area contributed by atoms with Gasteiger partial charge in [-0.1, -0.05) is 63.2 Å². The van der Waals surface area contributed by atoms with E-state index >= 15 is 0 Å². The lowest BCUT2D eigenvalue weighted by Gasteiger charge is -2.13. The van der Waals surface area contributed by atoms with Gasteiger partial charge in [0.15, 0.2) is 0 Å². The largest absolute Gasteiger partial charge is 0.511 e. The smallest absolute Gasteiger partial charge is 0.449 e. The average Bonchev–Trinajstić information content (AvgIpc) is 3.46. The first-order chi connectivity index (χ1) is 20.2. The molecule has 2 aromatic heterocycles. The van der Waals surface area contributed by atoms with Gasteiger partial charge in [-0.25, -0.2) is 14.8 Å². The predicted molar refractivity (Wildman–Crippen MR) is 168 cm³/mol. The van der Waals surface area contributed by atoms with Gasteiger partial charge in [0.05, 0.1) is 16.7 Å². The summed E-state index contributed by atoms with van der Waals surface area (Å²) in [6, 6.07) is 19.9. The van der Waals surface area contributed by atoms with E-state index in [1.54, 1.807) is 12.1 Å². The zero-order valence-electron chi connectivity index (χ0n) is 25.4. The lowest BCUT2D eigenvalue weighted by molar-refractivity contribution is 0.144. The lowest BCUT2D eigenvalue weighted by Crippen LogP contribution is -2.06. The molecule has 0 bridgehead atoms. The molecule has 0 spiro atoms. The number of hydrogen-bond acceptors (Lipinski definition) is 4. The van der Waals surface area contributed by atoms with Gasteiger partial charge in [-0.2, -0.15) is 0 Å². The SMILES string of the molecule is CCCc1nc2c(C)cc(-c3nc(CC(C)C)c(C)n3CC)cc2n1Cc1ccc(-c2ccccc2OC(=O)O)cc1. The van der Waals surface area contributed by atoms with Crippen molar-refractivity contribution in [2.75, 3.05) is 0 Å². The fourth-order valence-electron chi connectivity index (χ4n) is 5.79. The van der Waals surface area contributed by atoms with Gasteiger partial charge < -0.3 is 19.0 Å². The number of rotatable bonds is 10. The molecule has 0 fully saturated rings. The Balaban J connectivity index is 1.55. The van der Waals surface area contributed by atoms with Crippen LogP contribution >= 0.6 is 0 Å². The van der Waals surface area contributed by atoms with Crippen molar-refractivity contribution in [3.63, 3.8) is 0 Å². The van der Waals surface area contributed by atoms with Crippen LogP contribution in [0.3, 0.4) is 0 Å². The van der Waals surface area contributed by atoms with Crippen LogP contribution in [-0.4, -0.2) is 30.4 Å². The van der Waals surface area contributed by atoms with Gasteiger partial charge in [-0.3, -0.25) is 0 Å². The molecule has 42 heavy (non-hydrogen) atoms. The van der Waals surface area contributed by atoms with E-state index < -0.39 is 6.16 Å². The molecule has 218 valence electrons. The maximum absolute atomic E-state index is 11.2. The fraction of sp³-hybridized carbons (Fsp3) is 0.343. The first-order valence-electron chi connectivity index (χ1n) is 14.8. The minimum absolute atomic E-state index is 0.323. The Labute approximate surface area is 247 Å². The standard InChI is InChI=1S/C35H40N4O3/c1-7-11-32-37-33-23(5)19-27(34-36-29(18-22(3)4)24(6)38(34)8-2)20-30(33)39(32)21-25-14-16-26(17-15-25)28-12-9-10-13-31(28)42-35(40)41/h9-10,12-17,19-20,22H,7-8,11,18,21H2,1-6H3,(H,40,41). The number of benzene rings is 3. The number of imidazole rings is 2. The number of carbonyl (C=O) groups is 1. The van der Waals surface area contributed by atoms with Gasteiger partial charge in [0.2, 0.25) is 0 Å². The molecule has 0 saturated heterocycles. The molecule has 0 amide bonds. The molecule has 5 aromatic rings. The molecule has 0 aliphatic heterocycles. The molecule has 7 nitrogen and oxygen atoms in total. The summed E-state index contributed by atoms with van der Waals surface area (Å²) in [5.74, 6) is 2.96. The van der Waals surface area contributed by atoms with Crippen LogP contribution in [0.5, 0.6) is 5.75 Å². The van der Waals surface area contributed by atoms with E-state index in [4.69, 9.17) is 19.8 Å². The number of nitrogens with zero attached hydrogens (tertiary/aromatic N) is 4. The van der Waals surface area contributed by atoms with Crippen molar-refractivity contribution >= 4 is 17.2 Å². The van der Waals surface area contributed by atoms with E-state index in [1.807, 2.05) is 24.3 Å². The van der Waals surface area contributed by atoms with Gasteiger partial charge in [-0.05, 0) is 74.4 Å². The Hall–Kier alpha value is -4.39. The van der Waals surface area contributed by atoms with Gasteiger partial charge in [0.1, 0.15) is 17.4 Å². The molecule has 0 saturated carbocycles. The van der Waals surface area contributed by atoms with Crippen molar-refractivity contribution in [1.82, 2.24) is 19.1 Å². The normalized spacial score (nSPS) is 11.5. The zero-order chi connectivity index (χ0) is 30.0. The number of para-hydroxylation sites is 1. The van der Waals surface area contributed by atoms with Crippen LogP contribution in [0.2, 0.25) is 0 Å². The highest BCUT2D eigenvalue weighted by molar-refractivity contribution is 5.85. The van der Waals surface area contributed by atoms with E-state index in [1.165, 1.54) is 11.4 Å². The van der Waals surface area contributed by atoms with E-state index in [0.29, 0.717) is 18.2 Å². The summed E-state index contributed by atoms with van der Waals surface area (Å²) in [5, 5.41) is 9.14. The minimum Gasteiger partial charge on any atom is -0.449 e. The number of aromatic nitrogens is 4. The van der Waals surface area contributed by atoms with Gasteiger partial charge >= 0.3 is 6.16 Å². The van der Waals surface area contributed by atoms with Crippen LogP contribution in [-0.2, 0) is 25.9 Å². The molecular formula is C35H40N4O3. The highest BCUT2D eigenvalue weighted by Gasteiger charge is 2.19. The summed E-state index contributed by atoms with van der Waals surface area (Å²) in [6.07, 6.45) is 1.54. The topological polar surface area (TPSA) is 82.2 Å². The van der Waals surface area contributed by atoms with E-state index in [9.17, 15) is 4.79 Å². The summed E-state index contributed by atoms with van der Waals surface area (Å²) in [4.78, 5) is 21.4. The minimum atomic E-state index is -1.32. The Morgan fingerprint density at radius 1 is 0.952 bits per heavy atom. The third kappa shape index (κ3) is 5.82. The summed E-state index contributed by atoms with van der Waals surface area (Å²) in [7, 11) is 0. The molecule has 0 unspecified atom stereocenters. The van der Waals surface area contributed by atoms with Crippen LogP contribution in [0.25, 0.3) is 33.5 Å². The number of aryl methyl sites for hydroxylation is 2. The van der Waals surface area contributed by atoms with Crippen molar-refractivity contribution in [3.05, 3.63) is 89.0 Å². The summed E-state index contributed by atoms with van der Waals surface area (Å²) >= 11 is 0. The molecule has 5 rings (SSSR count). The second-order valence-corrected chi connectivity index (χ2v) is 11.4. The Morgan fingerprint density at radius 2 is 1.69 bits per heavy atom. The van der Waals surface area contributed by atoms with Crippen molar-refractivity contribution in [2.24, 2.45) is 5.92 Å². The molecule has 0 radical (unpaired) electrons. The molecule has 2 heterocycles. The van der Waals surface area contributed by atoms with Crippen LogP contribution in [0.4, 0.5) is 4.79 Å². The van der Waals surface area contributed by atoms with Gasteiger partial charge in [-0.15, -0.1) is 0 Å². The summed E-state index contributed by atoms with van der Waals surface area (Å²) in [6.45, 7) is 14.7. The van der Waals surface area contributed by atoms with Crippen molar-refractivity contribution in [2.45, 2.75) is 73.9 Å². The predicted octanol–water partition coefficient (Wildman–Crippen LogP) is 8.46. The van der Waals surface area contributed by atoms with Gasteiger partial charge in [0, 0.05) is 36.3 Å².